The highest BCUT2D eigenvalue weighted by Gasteiger charge is 2.30. The number of aromatic nitrogens is 3. The molecule has 2 aromatic rings. The first-order valence-corrected chi connectivity index (χ1v) is 10.6. The highest BCUT2D eigenvalue weighted by atomic mass is 35.5. The van der Waals surface area contributed by atoms with Crippen molar-refractivity contribution in [1.82, 2.24) is 14.8 Å². The Balaban J connectivity index is 1.49. The molecule has 6 nitrogen and oxygen atoms in total. The van der Waals surface area contributed by atoms with Gasteiger partial charge in [-0.3, -0.25) is 4.68 Å². The molecule has 154 valence electrons. The molecule has 0 aliphatic carbocycles. The molecule has 1 unspecified atom stereocenters. The van der Waals surface area contributed by atoms with E-state index in [0.717, 1.165) is 68.9 Å². The third kappa shape index (κ3) is 4.92. The van der Waals surface area contributed by atoms with E-state index in [2.05, 4.69) is 33.7 Å². The van der Waals surface area contributed by atoms with E-state index in [9.17, 15) is 5.11 Å². The lowest BCUT2D eigenvalue weighted by Gasteiger charge is -2.39. The van der Waals surface area contributed by atoms with Crippen molar-refractivity contribution >= 4 is 17.3 Å². The summed E-state index contributed by atoms with van der Waals surface area (Å²) in [6.07, 6.45) is 8.50. The van der Waals surface area contributed by atoms with Crippen LogP contribution in [0.15, 0.2) is 24.7 Å². The van der Waals surface area contributed by atoms with E-state index in [4.69, 9.17) is 16.3 Å². The summed E-state index contributed by atoms with van der Waals surface area (Å²) in [5.74, 6) is 7.01. The highest BCUT2D eigenvalue weighted by molar-refractivity contribution is 6.29. The zero-order valence-corrected chi connectivity index (χ0v) is 17.5. The van der Waals surface area contributed by atoms with Crippen LogP contribution in [0.1, 0.15) is 37.3 Å². The Morgan fingerprint density at radius 2 is 2.14 bits per heavy atom. The van der Waals surface area contributed by atoms with Gasteiger partial charge in [-0.25, -0.2) is 4.98 Å². The van der Waals surface area contributed by atoms with Gasteiger partial charge in [0.2, 0.25) is 0 Å². The van der Waals surface area contributed by atoms with Crippen LogP contribution in [0.2, 0.25) is 5.15 Å². The lowest BCUT2D eigenvalue weighted by Crippen LogP contribution is -2.40. The summed E-state index contributed by atoms with van der Waals surface area (Å²) < 4.78 is 7.39. The second-order valence-corrected chi connectivity index (χ2v) is 8.80. The highest BCUT2D eigenvalue weighted by Crippen LogP contribution is 2.34. The SMILES string of the molecule is CC1(CO)CCN(c2cc(Cl)ncc2C#Cc2cnn(CC3CCOC3)c2)CC1. The van der Waals surface area contributed by atoms with E-state index >= 15 is 0 Å². The predicted molar refractivity (Wildman–Crippen MR) is 113 cm³/mol. The monoisotopic (exact) mass is 414 g/mol. The van der Waals surface area contributed by atoms with E-state index in [-0.39, 0.29) is 12.0 Å². The smallest absolute Gasteiger partial charge is 0.131 e. The number of ether oxygens (including phenoxy) is 1. The van der Waals surface area contributed by atoms with Gasteiger partial charge in [0.25, 0.3) is 0 Å². The molecule has 0 saturated carbocycles. The quantitative estimate of drug-likeness (QED) is 0.615. The second-order valence-electron chi connectivity index (χ2n) is 8.41. The molecule has 0 spiro atoms. The summed E-state index contributed by atoms with van der Waals surface area (Å²) in [4.78, 5) is 6.52. The van der Waals surface area contributed by atoms with E-state index in [0.29, 0.717) is 11.1 Å². The topological polar surface area (TPSA) is 63.4 Å². The molecule has 2 saturated heterocycles. The number of piperidine rings is 1. The third-order valence-corrected chi connectivity index (χ3v) is 6.19. The Morgan fingerprint density at radius 3 is 2.86 bits per heavy atom. The van der Waals surface area contributed by atoms with Crippen LogP contribution in [0.25, 0.3) is 0 Å². The molecule has 2 aliphatic heterocycles. The molecule has 7 heteroatoms. The van der Waals surface area contributed by atoms with Crippen LogP contribution in [0.3, 0.4) is 0 Å². The Hall–Kier alpha value is -2.07. The fourth-order valence-corrected chi connectivity index (χ4v) is 4.04. The zero-order valence-electron chi connectivity index (χ0n) is 16.8. The first-order valence-electron chi connectivity index (χ1n) is 10.2. The maximum Gasteiger partial charge on any atom is 0.131 e. The van der Waals surface area contributed by atoms with Crippen molar-refractivity contribution < 1.29 is 9.84 Å². The molecule has 2 fully saturated rings. The number of aliphatic hydroxyl groups excluding tert-OH is 1. The first kappa shape index (κ1) is 20.2. The van der Waals surface area contributed by atoms with Gasteiger partial charge in [-0.1, -0.05) is 30.4 Å². The Labute approximate surface area is 176 Å². The van der Waals surface area contributed by atoms with Crippen LogP contribution >= 0.6 is 11.6 Å². The lowest BCUT2D eigenvalue weighted by molar-refractivity contribution is 0.115. The predicted octanol–water partition coefficient (Wildman–Crippen LogP) is 2.97. The molecule has 0 radical (unpaired) electrons. The number of anilines is 1. The number of halogens is 1. The maximum absolute atomic E-state index is 9.62. The first-order chi connectivity index (χ1) is 14.0. The van der Waals surface area contributed by atoms with Crippen LogP contribution in [-0.2, 0) is 11.3 Å². The molecular formula is C22H27ClN4O2. The van der Waals surface area contributed by atoms with Crippen LogP contribution < -0.4 is 4.90 Å². The van der Waals surface area contributed by atoms with Crippen molar-refractivity contribution in [1.29, 1.82) is 0 Å². The van der Waals surface area contributed by atoms with Crippen LogP contribution in [-0.4, -0.2) is 52.8 Å². The lowest BCUT2D eigenvalue weighted by atomic mass is 9.81. The van der Waals surface area contributed by atoms with E-state index < -0.39 is 0 Å². The number of aliphatic hydroxyl groups is 1. The van der Waals surface area contributed by atoms with Crippen molar-refractivity contribution in [2.24, 2.45) is 11.3 Å². The minimum atomic E-state index is -0.00188. The van der Waals surface area contributed by atoms with Gasteiger partial charge < -0.3 is 14.7 Å². The average molecular weight is 415 g/mol. The fraction of sp³-hybridized carbons (Fsp3) is 0.545. The van der Waals surface area contributed by atoms with E-state index in [1.165, 1.54) is 0 Å². The molecule has 29 heavy (non-hydrogen) atoms. The molecule has 4 rings (SSSR count). The summed E-state index contributed by atoms with van der Waals surface area (Å²) in [6.45, 7) is 6.63. The molecule has 1 atom stereocenters. The number of hydrogen-bond donors (Lipinski definition) is 1. The molecule has 2 aliphatic rings. The van der Waals surface area contributed by atoms with Gasteiger partial charge in [0.05, 0.1) is 29.6 Å². The van der Waals surface area contributed by atoms with Gasteiger partial charge >= 0.3 is 0 Å². The second kappa shape index (κ2) is 8.74. The number of hydrogen-bond acceptors (Lipinski definition) is 5. The van der Waals surface area contributed by atoms with Crippen molar-refractivity contribution in [2.45, 2.75) is 32.7 Å². The van der Waals surface area contributed by atoms with Gasteiger partial charge in [-0.2, -0.15) is 5.10 Å². The number of pyridine rings is 1. The molecule has 0 amide bonds. The summed E-state index contributed by atoms with van der Waals surface area (Å²) in [6, 6.07) is 1.89. The van der Waals surface area contributed by atoms with Crippen molar-refractivity contribution in [2.75, 3.05) is 37.8 Å². The van der Waals surface area contributed by atoms with Crippen LogP contribution in [0.5, 0.6) is 0 Å². The Bertz CT molecular complexity index is 903. The van der Waals surface area contributed by atoms with Crippen molar-refractivity contribution in [3.63, 3.8) is 0 Å². The Morgan fingerprint density at radius 1 is 1.31 bits per heavy atom. The summed E-state index contributed by atoms with van der Waals surface area (Å²) in [5, 5.41) is 14.5. The van der Waals surface area contributed by atoms with Gasteiger partial charge in [-0.05, 0) is 24.7 Å². The van der Waals surface area contributed by atoms with Crippen molar-refractivity contribution in [3.8, 4) is 11.8 Å². The third-order valence-electron chi connectivity index (χ3n) is 5.99. The van der Waals surface area contributed by atoms with Crippen LogP contribution in [0.4, 0.5) is 5.69 Å². The minimum Gasteiger partial charge on any atom is -0.396 e. The Kier molecular flexibility index (Phi) is 6.09. The van der Waals surface area contributed by atoms with Crippen LogP contribution in [0, 0.1) is 23.2 Å². The molecule has 0 aromatic carbocycles. The zero-order chi connectivity index (χ0) is 20.3. The molecule has 1 N–H and O–H groups in total. The van der Waals surface area contributed by atoms with Gasteiger partial charge in [0.15, 0.2) is 0 Å². The largest absolute Gasteiger partial charge is 0.396 e. The normalized spacial score (nSPS) is 21.1. The minimum absolute atomic E-state index is 0.00188. The standard InChI is InChI=1S/C22H27ClN4O2/c1-22(16-28)5-7-26(8-6-22)20-10-21(23)24-12-19(20)3-2-17-11-25-27(13-17)14-18-4-9-29-15-18/h10-13,18,28H,4-9,14-16H2,1H3. The van der Waals surface area contributed by atoms with E-state index in [1.807, 2.05) is 16.9 Å². The summed E-state index contributed by atoms with van der Waals surface area (Å²) in [7, 11) is 0. The summed E-state index contributed by atoms with van der Waals surface area (Å²) >= 11 is 6.17. The van der Waals surface area contributed by atoms with Gasteiger partial charge in [-0.15, -0.1) is 0 Å². The van der Waals surface area contributed by atoms with Crippen molar-refractivity contribution in [3.05, 3.63) is 40.9 Å². The molecule has 4 heterocycles. The van der Waals surface area contributed by atoms with E-state index in [1.54, 1.807) is 12.4 Å². The molecular weight excluding hydrogens is 388 g/mol. The van der Waals surface area contributed by atoms with Gasteiger partial charge in [0, 0.05) is 57.2 Å². The maximum atomic E-state index is 9.62. The summed E-state index contributed by atoms with van der Waals surface area (Å²) in [5.41, 5.74) is 2.75. The average Bonchev–Trinajstić information content (AvgIpc) is 3.40. The number of rotatable bonds is 4. The van der Waals surface area contributed by atoms with Gasteiger partial charge in [0.1, 0.15) is 5.15 Å². The molecule has 0 bridgehead atoms. The fourth-order valence-electron chi connectivity index (χ4n) is 3.88. The molecule has 2 aromatic heterocycles. The number of nitrogens with zero attached hydrogens (tertiary/aromatic N) is 4.